The quantitative estimate of drug-likeness (QED) is 0.856. The summed E-state index contributed by atoms with van der Waals surface area (Å²) in [6, 6.07) is 12.6. The highest BCUT2D eigenvalue weighted by atomic mass is 79.9. The Hall–Kier alpha value is -2.14. The zero-order valence-electron chi connectivity index (χ0n) is 13.5. The van der Waals surface area contributed by atoms with Crippen molar-refractivity contribution in [3.05, 3.63) is 63.6 Å². The standard InChI is InChI=1S/C19H19BrN2O2/c1-13-7-8-14(12-17(13)20)18(23)21-16-6-4-5-15(11-16)19(24)22-9-2-3-10-22/h4-8,11-12H,2-3,9-10H2,1H3,(H,21,23). The van der Waals surface area contributed by atoms with Gasteiger partial charge in [-0.2, -0.15) is 0 Å². The molecule has 1 saturated heterocycles. The van der Waals surface area contributed by atoms with Crippen molar-refractivity contribution >= 4 is 33.4 Å². The van der Waals surface area contributed by atoms with E-state index >= 15 is 0 Å². The summed E-state index contributed by atoms with van der Waals surface area (Å²) in [5.41, 5.74) is 2.88. The molecule has 2 amide bonds. The van der Waals surface area contributed by atoms with E-state index in [0.717, 1.165) is 36.0 Å². The normalized spacial score (nSPS) is 13.8. The molecule has 4 nitrogen and oxygen atoms in total. The second-order valence-electron chi connectivity index (χ2n) is 6.00. The van der Waals surface area contributed by atoms with Crippen LogP contribution in [0, 0.1) is 6.92 Å². The van der Waals surface area contributed by atoms with Crippen LogP contribution in [0.15, 0.2) is 46.9 Å². The number of nitrogens with zero attached hydrogens (tertiary/aromatic N) is 1. The molecule has 1 N–H and O–H groups in total. The highest BCUT2D eigenvalue weighted by Gasteiger charge is 2.19. The SMILES string of the molecule is Cc1ccc(C(=O)Nc2cccc(C(=O)N3CCCC3)c2)cc1Br. The number of likely N-dealkylation sites (tertiary alicyclic amines) is 1. The summed E-state index contributed by atoms with van der Waals surface area (Å²) in [5.74, 6) is -0.164. The van der Waals surface area contributed by atoms with Crippen molar-refractivity contribution in [2.45, 2.75) is 19.8 Å². The predicted molar refractivity (Wildman–Crippen MR) is 98.4 cm³/mol. The molecule has 0 spiro atoms. The summed E-state index contributed by atoms with van der Waals surface area (Å²) in [6.45, 7) is 3.60. The number of rotatable bonds is 3. The number of anilines is 1. The average molecular weight is 387 g/mol. The molecule has 0 aliphatic carbocycles. The Kier molecular flexibility index (Phi) is 5.00. The number of aryl methyl sites for hydroxylation is 1. The Morgan fingerprint density at radius 2 is 1.79 bits per heavy atom. The van der Waals surface area contributed by atoms with Gasteiger partial charge in [0.1, 0.15) is 0 Å². The summed E-state index contributed by atoms with van der Waals surface area (Å²) in [4.78, 5) is 26.7. The molecule has 2 aromatic carbocycles. The van der Waals surface area contributed by atoms with Crippen LogP contribution in [0.25, 0.3) is 0 Å². The maximum atomic E-state index is 12.4. The molecule has 5 heteroatoms. The highest BCUT2D eigenvalue weighted by molar-refractivity contribution is 9.10. The van der Waals surface area contributed by atoms with Gasteiger partial charge in [0.05, 0.1) is 0 Å². The minimum absolute atomic E-state index is 0.0293. The second-order valence-corrected chi connectivity index (χ2v) is 6.85. The molecule has 124 valence electrons. The first-order chi connectivity index (χ1) is 11.5. The van der Waals surface area contributed by atoms with Crippen LogP contribution in [0.1, 0.15) is 39.1 Å². The Balaban J connectivity index is 1.75. The van der Waals surface area contributed by atoms with Gasteiger partial charge in [-0.3, -0.25) is 9.59 Å². The summed E-state index contributed by atoms with van der Waals surface area (Å²) in [5, 5.41) is 2.86. The Morgan fingerprint density at radius 3 is 2.50 bits per heavy atom. The van der Waals surface area contributed by atoms with Gasteiger partial charge in [0.25, 0.3) is 11.8 Å². The minimum Gasteiger partial charge on any atom is -0.339 e. The molecular weight excluding hydrogens is 368 g/mol. The first-order valence-electron chi connectivity index (χ1n) is 8.01. The van der Waals surface area contributed by atoms with E-state index in [1.54, 1.807) is 36.4 Å². The first-order valence-corrected chi connectivity index (χ1v) is 8.81. The van der Waals surface area contributed by atoms with Crippen molar-refractivity contribution in [3.63, 3.8) is 0 Å². The van der Waals surface area contributed by atoms with Crippen molar-refractivity contribution in [2.75, 3.05) is 18.4 Å². The molecule has 2 aromatic rings. The van der Waals surface area contributed by atoms with Gasteiger partial charge in [-0.1, -0.05) is 28.1 Å². The molecule has 1 fully saturated rings. The van der Waals surface area contributed by atoms with Gasteiger partial charge in [0.2, 0.25) is 0 Å². The largest absolute Gasteiger partial charge is 0.339 e. The number of carbonyl (C=O) groups is 2. The molecule has 0 bridgehead atoms. The average Bonchev–Trinajstić information content (AvgIpc) is 3.11. The third-order valence-electron chi connectivity index (χ3n) is 4.19. The molecule has 0 unspecified atom stereocenters. The number of carbonyl (C=O) groups excluding carboxylic acids is 2. The van der Waals surface area contributed by atoms with E-state index in [2.05, 4.69) is 21.2 Å². The number of halogens is 1. The fourth-order valence-electron chi connectivity index (χ4n) is 2.77. The monoisotopic (exact) mass is 386 g/mol. The van der Waals surface area contributed by atoms with Crippen LogP contribution >= 0.6 is 15.9 Å². The molecule has 1 aliphatic rings. The van der Waals surface area contributed by atoms with Crippen molar-refractivity contribution in [1.29, 1.82) is 0 Å². The van der Waals surface area contributed by atoms with E-state index in [1.807, 2.05) is 17.9 Å². The third kappa shape index (κ3) is 3.67. The van der Waals surface area contributed by atoms with Gasteiger partial charge in [-0.05, 0) is 55.7 Å². The summed E-state index contributed by atoms with van der Waals surface area (Å²) in [6.07, 6.45) is 2.12. The van der Waals surface area contributed by atoms with Crippen LogP contribution < -0.4 is 5.32 Å². The molecule has 1 aliphatic heterocycles. The van der Waals surface area contributed by atoms with E-state index in [4.69, 9.17) is 0 Å². The van der Waals surface area contributed by atoms with E-state index < -0.39 is 0 Å². The molecule has 1 heterocycles. The van der Waals surface area contributed by atoms with E-state index in [-0.39, 0.29) is 11.8 Å². The topological polar surface area (TPSA) is 49.4 Å². The Morgan fingerprint density at radius 1 is 1.04 bits per heavy atom. The lowest BCUT2D eigenvalue weighted by molar-refractivity contribution is 0.0792. The molecule has 0 atom stereocenters. The number of hydrogen-bond acceptors (Lipinski definition) is 2. The van der Waals surface area contributed by atoms with Gasteiger partial charge < -0.3 is 10.2 Å². The zero-order chi connectivity index (χ0) is 17.1. The molecule has 0 saturated carbocycles. The summed E-state index contributed by atoms with van der Waals surface area (Å²) < 4.78 is 0.896. The number of nitrogens with one attached hydrogen (secondary N) is 1. The molecule has 24 heavy (non-hydrogen) atoms. The van der Waals surface area contributed by atoms with Gasteiger partial charge in [-0.15, -0.1) is 0 Å². The van der Waals surface area contributed by atoms with Crippen LogP contribution in [-0.2, 0) is 0 Å². The van der Waals surface area contributed by atoms with Gasteiger partial charge >= 0.3 is 0 Å². The van der Waals surface area contributed by atoms with Crippen LogP contribution in [-0.4, -0.2) is 29.8 Å². The van der Waals surface area contributed by atoms with Gasteiger partial charge in [0, 0.05) is 34.4 Å². The fraction of sp³-hybridized carbons (Fsp3) is 0.263. The zero-order valence-corrected chi connectivity index (χ0v) is 15.1. The molecule has 0 radical (unpaired) electrons. The van der Waals surface area contributed by atoms with E-state index in [1.165, 1.54) is 0 Å². The lowest BCUT2D eigenvalue weighted by Crippen LogP contribution is -2.27. The number of benzene rings is 2. The highest BCUT2D eigenvalue weighted by Crippen LogP contribution is 2.20. The van der Waals surface area contributed by atoms with Crippen molar-refractivity contribution < 1.29 is 9.59 Å². The molecular formula is C19H19BrN2O2. The minimum atomic E-state index is -0.193. The lowest BCUT2D eigenvalue weighted by atomic mass is 10.1. The smallest absolute Gasteiger partial charge is 0.255 e. The van der Waals surface area contributed by atoms with Crippen LogP contribution in [0.3, 0.4) is 0 Å². The van der Waals surface area contributed by atoms with E-state index in [0.29, 0.717) is 16.8 Å². The maximum absolute atomic E-state index is 12.4. The lowest BCUT2D eigenvalue weighted by Gasteiger charge is -2.16. The first kappa shape index (κ1) is 16.7. The van der Waals surface area contributed by atoms with Crippen LogP contribution in [0.2, 0.25) is 0 Å². The summed E-state index contributed by atoms with van der Waals surface area (Å²) in [7, 11) is 0. The van der Waals surface area contributed by atoms with Gasteiger partial charge in [0.15, 0.2) is 0 Å². The van der Waals surface area contributed by atoms with Crippen molar-refractivity contribution in [2.24, 2.45) is 0 Å². The van der Waals surface area contributed by atoms with Crippen molar-refractivity contribution in [3.8, 4) is 0 Å². The fourth-order valence-corrected chi connectivity index (χ4v) is 3.15. The number of hydrogen-bond donors (Lipinski definition) is 1. The van der Waals surface area contributed by atoms with Crippen LogP contribution in [0.4, 0.5) is 5.69 Å². The molecule has 3 rings (SSSR count). The van der Waals surface area contributed by atoms with E-state index in [9.17, 15) is 9.59 Å². The maximum Gasteiger partial charge on any atom is 0.255 e. The van der Waals surface area contributed by atoms with Crippen LogP contribution in [0.5, 0.6) is 0 Å². The number of amides is 2. The summed E-state index contributed by atoms with van der Waals surface area (Å²) >= 11 is 3.44. The third-order valence-corrected chi connectivity index (χ3v) is 5.05. The van der Waals surface area contributed by atoms with Crippen molar-refractivity contribution in [1.82, 2.24) is 4.90 Å². The second kappa shape index (κ2) is 7.18. The molecule has 0 aromatic heterocycles. The Labute approximate surface area is 150 Å². The predicted octanol–water partition coefficient (Wildman–Crippen LogP) is 4.25. The Bertz CT molecular complexity index is 783. The van der Waals surface area contributed by atoms with Gasteiger partial charge in [-0.25, -0.2) is 0 Å².